The highest BCUT2D eigenvalue weighted by atomic mass is 35.5. The number of rotatable bonds is 4. The summed E-state index contributed by atoms with van der Waals surface area (Å²) in [5.41, 5.74) is 0.425. The number of β-amino-alcohol motifs (C(OH)–C–C–N with tert-alkyl or cyclic N) is 1. The van der Waals surface area contributed by atoms with Gasteiger partial charge in [0.15, 0.2) is 0 Å². The quantitative estimate of drug-likeness (QED) is 0.555. The predicted molar refractivity (Wildman–Crippen MR) is 95.8 cm³/mol. The summed E-state index contributed by atoms with van der Waals surface area (Å²) in [6.07, 6.45) is -0.101. The van der Waals surface area contributed by atoms with E-state index in [1.54, 1.807) is 0 Å². The molecule has 1 aromatic carbocycles. The molecule has 1 saturated heterocycles. The number of nitrogens with one attached hydrogen (secondary N) is 3. The van der Waals surface area contributed by atoms with Gasteiger partial charge >= 0.3 is 18.0 Å². The number of carbonyl (C=O) groups excluding carboxylic acids is 3. The van der Waals surface area contributed by atoms with Gasteiger partial charge in [-0.15, -0.1) is 12.4 Å². The number of anilines is 1. The second kappa shape index (κ2) is 9.95. The average molecular weight is 388 g/mol. The molecule has 2 atom stereocenters. The smallest absolute Gasteiger partial charge is 0.337 e. The summed E-state index contributed by atoms with van der Waals surface area (Å²) in [6, 6.07) is 3.15. The third kappa shape index (κ3) is 5.58. The summed E-state index contributed by atoms with van der Waals surface area (Å²) in [4.78, 5) is 35.6. The van der Waals surface area contributed by atoms with E-state index in [0.717, 1.165) is 0 Å². The monoisotopic (exact) mass is 387 g/mol. The van der Waals surface area contributed by atoms with Crippen molar-refractivity contribution in [3.8, 4) is 0 Å². The molecule has 0 aromatic heterocycles. The van der Waals surface area contributed by atoms with Gasteiger partial charge in [-0.2, -0.15) is 0 Å². The van der Waals surface area contributed by atoms with Crippen LogP contribution >= 0.6 is 12.4 Å². The minimum absolute atomic E-state index is 0. The minimum Gasteiger partial charge on any atom is -0.465 e. The van der Waals surface area contributed by atoms with Gasteiger partial charge in [-0.05, 0) is 31.2 Å². The zero-order valence-electron chi connectivity index (χ0n) is 14.4. The normalized spacial score (nSPS) is 18.9. The predicted octanol–water partition coefficient (Wildman–Crippen LogP) is 0.526. The number of amides is 2. The molecule has 26 heavy (non-hydrogen) atoms. The van der Waals surface area contributed by atoms with Crippen LogP contribution in [0.5, 0.6) is 0 Å². The van der Waals surface area contributed by atoms with Crippen LogP contribution in [0.3, 0.4) is 0 Å². The van der Waals surface area contributed by atoms with Crippen LogP contribution in [0.15, 0.2) is 18.2 Å². The van der Waals surface area contributed by atoms with E-state index in [9.17, 15) is 19.5 Å². The number of aliphatic hydroxyl groups excluding tert-OH is 1. The molecule has 144 valence electrons. The van der Waals surface area contributed by atoms with Gasteiger partial charge in [0.2, 0.25) is 0 Å². The Morgan fingerprint density at radius 1 is 1.12 bits per heavy atom. The topological polar surface area (TPSA) is 126 Å². The highest BCUT2D eigenvalue weighted by Crippen LogP contribution is 2.17. The zero-order valence-corrected chi connectivity index (χ0v) is 15.2. The van der Waals surface area contributed by atoms with E-state index in [-0.39, 0.29) is 35.3 Å². The maximum absolute atomic E-state index is 12.1. The molecule has 2 amide bonds. The Morgan fingerprint density at radius 2 is 1.69 bits per heavy atom. The summed E-state index contributed by atoms with van der Waals surface area (Å²) < 4.78 is 9.28. The Bertz CT molecular complexity index is 635. The lowest BCUT2D eigenvalue weighted by molar-refractivity contribution is 0.0599. The molecule has 4 N–H and O–H groups in total. The molecule has 0 unspecified atom stereocenters. The van der Waals surface area contributed by atoms with Gasteiger partial charge in [0, 0.05) is 12.2 Å². The third-order valence-electron chi connectivity index (χ3n) is 3.80. The Balaban J connectivity index is 0.00000338. The number of hydrogen-bond acceptors (Lipinski definition) is 7. The molecule has 1 aliphatic rings. The molecule has 0 aliphatic carbocycles. The molecule has 0 spiro atoms. The van der Waals surface area contributed by atoms with E-state index in [0.29, 0.717) is 19.5 Å². The Kier molecular flexibility index (Phi) is 8.30. The molecule has 1 fully saturated rings. The Morgan fingerprint density at radius 3 is 2.19 bits per heavy atom. The fourth-order valence-corrected chi connectivity index (χ4v) is 2.52. The maximum atomic E-state index is 12.1. The fraction of sp³-hybridized carbons (Fsp3) is 0.438. The van der Waals surface area contributed by atoms with Crippen molar-refractivity contribution in [1.29, 1.82) is 0 Å². The molecular formula is C16H22ClN3O6. The molecule has 10 heteroatoms. The first-order valence-electron chi connectivity index (χ1n) is 7.72. The number of urea groups is 1. The number of esters is 2. The van der Waals surface area contributed by atoms with Crippen molar-refractivity contribution < 1.29 is 29.0 Å². The van der Waals surface area contributed by atoms with E-state index in [1.807, 2.05) is 0 Å². The molecule has 1 heterocycles. The number of piperidine rings is 1. The van der Waals surface area contributed by atoms with Gasteiger partial charge in [0.1, 0.15) is 0 Å². The highest BCUT2D eigenvalue weighted by Gasteiger charge is 2.24. The zero-order chi connectivity index (χ0) is 18.4. The highest BCUT2D eigenvalue weighted by molar-refractivity contribution is 5.99. The van der Waals surface area contributed by atoms with Gasteiger partial charge < -0.3 is 30.5 Å². The standard InChI is InChI=1S/C16H21N3O6.ClH/c1-24-14(21)9-5-10(15(22)25-2)7-11(6-9)18-16(23)19-12-3-4-17-8-13(12)20;/h5-7,12-13,17,20H,3-4,8H2,1-2H3,(H2,18,19,23);1H/t12-,13-;/m1./s1. The molecule has 9 nitrogen and oxygen atoms in total. The largest absolute Gasteiger partial charge is 0.465 e. The summed E-state index contributed by atoms with van der Waals surface area (Å²) in [7, 11) is 2.43. The van der Waals surface area contributed by atoms with Crippen molar-refractivity contribution in [2.75, 3.05) is 32.6 Å². The first-order valence-corrected chi connectivity index (χ1v) is 7.72. The van der Waals surface area contributed by atoms with Crippen molar-refractivity contribution >= 4 is 36.1 Å². The number of halogens is 1. The van der Waals surface area contributed by atoms with Gasteiger partial charge in [-0.1, -0.05) is 0 Å². The van der Waals surface area contributed by atoms with Crippen molar-refractivity contribution in [2.45, 2.75) is 18.6 Å². The molecule has 2 rings (SSSR count). The van der Waals surface area contributed by atoms with Crippen LogP contribution in [0.4, 0.5) is 10.5 Å². The molecular weight excluding hydrogens is 366 g/mol. The van der Waals surface area contributed by atoms with Crippen LogP contribution in [-0.4, -0.2) is 62.5 Å². The van der Waals surface area contributed by atoms with Crippen LogP contribution < -0.4 is 16.0 Å². The van der Waals surface area contributed by atoms with Crippen LogP contribution in [0.1, 0.15) is 27.1 Å². The first-order chi connectivity index (χ1) is 11.9. The van der Waals surface area contributed by atoms with E-state index in [4.69, 9.17) is 0 Å². The van der Waals surface area contributed by atoms with Crippen LogP contribution in [-0.2, 0) is 9.47 Å². The van der Waals surface area contributed by atoms with E-state index >= 15 is 0 Å². The SMILES string of the molecule is COC(=O)c1cc(NC(=O)N[C@@H]2CCNC[C@H]2O)cc(C(=O)OC)c1.Cl. The number of aliphatic hydroxyl groups is 1. The van der Waals surface area contributed by atoms with Crippen LogP contribution in [0, 0.1) is 0 Å². The van der Waals surface area contributed by atoms with Gasteiger partial charge in [0.25, 0.3) is 0 Å². The Hall–Kier alpha value is -2.36. The van der Waals surface area contributed by atoms with E-state index in [2.05, 4.69) is 25.4 Å². The molecule has 1 aliphatic heterocycles. The average Bonchev–Trinajstić information content (AvgIpc) is 2.61. The number of benzene rings is 1. The second-order valence-corrected chi connectivity index (χ2v) is 5.55. The second-order valence-electron chi connectivity index (χ2n) is 5.55. The van der Waals surface area contributed by atoms with Crippen molar-refractivity contribution in [3.05, 3.63) is 29.3 Å². The minimum atomic E-state index is -0.688. The summed E-state index contributed by atoms with van der Waals surface area (Å²) >= 11 is 0. The van der Waals surface area contributed by atoms with Gasteiger partial charge in [-0.25, -0.2) is 14.4 Å². The molecule has 0 saturated carbocycles. The van der Waals surface area contributed by atoms with Crippen LogP contribution in [0.25, 0.3) is 0 Å². The van der Waals surface area contributed by atoms with E-state index in [1.165, 1.54) is 32.4 Å². The lowest BCUT2D eigenvalue weighted by Gasteiger charge is -2.29. The lowest BCUT2D eigenvalue weighted by Crippen LogP contribution is -2.53. The lowest BCUT2D eigenvalue weighted by atomic mass is 10.0. The maximum Gasteiger partial charge on any atom is 0.337 e. The first kappa shape index (κ1) is 21.7. The van der Waals surface area contributed by atoms with Crippen molar-refractivity contribution in [3.63, 3.8) is 0 Å². The summed E-state index contributed by atoms with van der Waals surface area (Å²) in [5.74, 6) is -1.30. The number of carbonyl (C=O) groups is 3. The molecule has 0 radical (unpaired) electrons. The van der Waals surface area contributed by atoms with Gasteiger partial charge in [0.05, 0.1) is 37.5 Å². The Labute approximate surface area is 156 Å². The number of hydrogen-bond donors (Lipinski definition) is 4. The molecule has 1 aromatic rings. The molecule has 0 bridgehead atoms. The van der Waals surface area contributed by atoms with E-state index < -0.39 is 24.1 Å². The summed E-state index contributed by atoms with van der Waals surface area (Å²) in [5, 5.41) is 18.1. The number of methoxy groups -OCH3 is 2. The summed E-state index contributed by atoms with van der Waals surface area (Å²) in [6.45, 7) is 1.08. The fourth-order valence-electron chi connectivity index (χ4n) is 2.52. The third-order valence-corrected chi connectivity index (χ3v) is 3.80. The van der Waals surface area contributed by atoms with Crippen LogP contribution in [0.2, 0.25) is 0 Å². The van der Waals surface area contributed by atoms with Crippen molar-refractivity contribution in [2.24, 2.45) is 0 Å². The number of ether oxygens (including phenoxy) is 2. The van der Waals surface area contributed by atoms with Gasteiger partial charge in [-0.3, -0.25) is 0 Å². The van der Waals surface area contributed by atoms with Crippen molar-refractivity contribution in [1.82, 2.24) is 10.6 Å².